The summed E-state index contributed by atoms with van der Waals surface area (Å²) in [6, 6.07) is 10.9. The van der Waals surface area contributed by atoms with Gasteiger partial charge in [0.25, 0.3) is 0 Å². The standard InChI is InChI=1S/C20H25O5P/c1-6-13(2)25-14-7-9-16(10-8-14)26-20(21)19-17(23-4)11-15(22-3)12-18(19)24-5/h7-13,21H,6H2,1-5H3/p-1. The van der Waals surface area contributed by atoms with Gasteiger partial charge in [0.15, 0.2) is 0 Å². The maximum atomic E-state index is 12.8. The first-order valence-electron chi connectivity index (χ1n) is 8.35. The molecule has 5 nitrogen and oxygen atoms in total. The molecule has 140 valence electrons. The van der Waals surface area contributed by atoms with E-state index in [4.69, 9.17) is 18.9 Å². The van der Waals surface area contributed by atoms with Crippen molar-refractivity contribution >= 4 is 19.0 Å². The summed E-state index contributed by atoms with van der Waals surface area (Å²) >= 11 is 0. The first kappa shape index (κ1) is 20.1. The number of hydrogen-bond acceptors (Lipinski definition) is 5. The summed E-state index contributed by atoms with van der Waals surface area (Å²) in [5, 5.41) is 13.7. The summed E-state index contributed by atoms with van der Waals surface area (Å²) in [6.45, 7) is 4.10. The normalized spacial score (nSPS) is 12.5. The molecule has 0 spiro atoms. The van der Waals surface area contributed by atoms with Crippen LogP contribution in [0.5, 0.6) is 23.0 Å². The van der Waals surface area contributed by atoms with Crippen molar-refractivity contribution in [3.63, 3.8) is 0 Å². The van der Waals surface area contributed by atoms with E-state index in [-0.39, 0.29) is 11.6 Å². The SMILES string of the molecule is CCC(C)Oc1ccc(P=C([O-])c2c(OC)cc(OC)cc2OC)cc1. The average molecular weight is 375 g/mol. The highest BCUT2D eigenvalue weighted by Gasteiger charge is 2.12. The molecule has 2 rings (SSSR count). The number of hydrogen-bond donors (Lipinski definition) is 0. The molecule has 2 aromatic rings. The topological polar surface area (TPSA) is 60.0 Å². The number of benzene rings is 2. The van der Waals surface area contributed by atoms with Gasteiger partial charge in [-0.25, -0.2) is 0 Å². The lowest BCUT2D eigenvalue weighted by molar-refractivity contribution is -0.207. The van der Waals surface area contributed by atoms with Crippen molar-refractivity contribution in [2.75, 3.05) is 21.3 Å². The van der Waals surface area contributed by atoms with Gasteiger partial charge in [0.05, 0.1) is 33.0 Å². The van der Waals surface area contributed by atoms with Crippen LogP contribution in [0.25, 0.3) is 0 Å². The zero-order valence-corrected chi connectivity index (χ0v) is 16.6. The predicted molar refractivity (Wildman–Crippen MR) is 104 cm³/mol. The Balaban J connectivity index is 2.34. The van der Waals surface area contributed by atoms with Gasteiger partial charge in [-0.1, -0.05) is 20.6 Å². The van der Waals surface area contributed by atoms with E-state index in [0.29, 0.717) is 31.0 Å². The van der Waals surface area contributed by atoms with Gasteiger partial charge < -0.3 is 24.1 Å². The molecular weight excluding hydrogens is 351 g/mol. The fourth-order valence-corrected chi connectivity index (χ4v) is 3.17. The fourth-order valence-electron chi connectivity index (χ4n) is 2.30. The quantitative estimate of drug-likeness (QED) is 0.664. The van der Waals surface area contributed by atoms with E-state index in [9.17, 15) is 5.11 Å². The molecule has 0 amide bonds. The molecular formula is C20H24O5P-. The van der Waals surface area contributed by atoms with Crippen LogP contribution in [0.3, 0.4) is 0 Å². The van der Waals surface area contributed by atoms with Crippen molar-refractivity contribution < 1.29 is 24.1 Å². The molecule has 0 fully saturated rings. The van der Waals surface area contributed by atoms with E-state index in [0.717, 1.165) is 17.5 Å². The molecule has 0 saturated carbocycles. The summed E-state index contributed by atoms with van der Waals surface area (Å²) in [6.07, 6.45) is 1.10. The van der Waals surface area contributed by atoms with Gasteiger partial charge >= 0.3 is 0 Å². The van der Waals surface area contributed by atoms with Crippen LogP contribution in [0.15, 0.2) is 36.4 Å². The third kappa shape index (κ3) is 4.90. The monoisotopic (exact) mass is 375 g/mol. The highest BCUT2D eigenvalue weighted by atomic mass is 31.1. The molecule has 0 saturated heterocycles. The molecule has 0 heterocycles. The molecule has 0 bridgehead atoms. The number of methoxy groups -OCH3 is 3. The number of ether oxygens (including phenoxy) is 4. The molecule has 1 unspecified atom stereocenters. The Morgan fingerprint density at radius 1 is 0.962 bits per heavy atom. The minimum absolute atomic E-state index is 0.114. The van der Waals surface area contributed by atoms with Gasteiger partial charge in [0.2, 0.25) is 0 Å². The van der Waals surface area contributed by atoms with E-state index in [2.05, 4.69) is 6.92 Å². The molecule has 6 heteroatoms. The smallest absolute Gasteiger partial charge is 0.132 e. The van der Waals surface area contributed by atoms with E-state index in [1.165, 1.54) is 14.2 Å². The van der Waals surface area contributed by atoms with Crippen molar-refractivity contribution in [3.8, 4) is 23.0 Å². The summed E-state index contributed by atoms with van der Waals surface area (Å²) in [5.41, 5.74) is 0.286. The van der Waals surface area contributed by atoms with Crippen LogP contribution >= 0.6 is 8.20 Å². The average Bonchev–Trinajstić information content (AvgIpc) is 2.67. The van der Waals surface area contributed by atoms with Crippen LogP contribution in [0.2, 0.25) is 0 Å². The first-order valence-corrected chi connectivity index (χ1v) is 9.24. The Kier molecular flexibility index (Phi) is 7.31. The van der Waals surface area contributed by atoms with Gasteiger partial charge in [-0.3, -0.25) is 0 Å². The Hall–Kier alpha value is -2.23. The summed E-state index contributed by atoms with van der Waals surface area (Å²) < 4.78 is 21.7. The van der Waals surface area contributed by atoms with Crippen molar-refractivity contribution in [1.82, 2.24) is 0 Å². The largest absolute Gasteiger partial charge is 0.823 e. The molecule has 0 radical (unpaired) electrons. The van der Waals surface area contributed by atoms with E-state index < -0.39 is 0 Å². The van der Waals surface area contributed by atoms with E-state index in [1.807, 2.05) is 31.2 Å². The Labute approximate surface area is 156 Å². The molecule has 0 aromatic heterocycles. The lowest BCUT2D eigenvalue weighted by Gasteiger charge is -2.20. The number of rotatable bonds is 8. The molecule has 26 heavy (non-hydrogen) atoms. The molecule has 0 aliphatic rings. The fraction of sp³-hybridized carbons (Fsp3) is 0.350. The van der Waals surface area contributed by atoms with E-state index in [1.54, 1.807) is 19.2 Å². The van der Waals surface area contributed by atoms with Crippen molar-refractivity contribution in [2.24, 2.45) is 0 Å². The van der Waals surface area contributed by atoms with Gasteiger partial charge in [0.1, 0.15) is 23.0 Å². The van der Waals surface area contributed by atoms with Crippen molar-refractivity contribution in [1.29, 1.82) is 0 Å². The van der Waals surface area contributed by atoms with Crippen LogP contribution in [-0.2, 0) is 0 Å². The van der Waals surface area contributed by atoms with Crippen LogP contribution in [-0.4, -0.2) is 32.9 Å². The maximum absolute atomic E-state index is 12.8. The maximum Gasteiger partial charge on any atom is 0.132 e. The van der Waals surface area contributed by atoms with Gasteiger partial charge in [-0.05, 0) is 37.6 Å². The second-order valence-electron chi connectivity index (χ2n) is 5.65. The minimum atomic E-state index is -0.114. The Bertz CT molecular complexity index is 730. The summed E-state index contributed by atoms with van der Waals surface area (Å²) in [7, 11) is 5.11. The van der Waals surface area contributed by atoms with E-state index >= 15 is 0 Å². The highest BCUT2D eigenvalue weighted by molar-refractivity contribution is 7.49. The van der Waals surface area contributed by atoms with Crippen LogP contribution in [0, 0.1) is 0 Å². The predicted octanol–water partition coefficient (Wildman–Crippen LogP) is 3.00. The first-order chi connectivity index (χ1) is 12.5. The third-order valence-corrected chi connectivity index (χ3v) is 4.89. The molecule has 2 aromatic carbocycles. The second kappa shape index (κ2) is 9.46. The Morgan fingerprint density at radius 2 is 1.54 bits per heavy atom. The summed E-state index contributed by atoms with van der Waals surface area (Å²) in [5.74, 6) is 2.22. The summed E-state index contributed by atoms with van der Waals surface area (Å²) in [4.78, 5) is 0. The lowest BCUT2D eigenvalue weighted by Crippen LogP contribution is -2.20. The molecule has 0 aliphatic carbocycles. The zero-order valence-electron chi connectivity index (χ0n) is 15.7. The lowest BCUT2D eigenvalue weighted by atomic mass is 10.1. The van der Waals surface area contributed by atoms with Crippen LogP contribution in [0.4, 0.5) is 0 Å². The zero-order chi connectivity index (χ0) is 19.1. The molecule has 1 atom stereocenters. The van der Waals surface area contributed by atoms with Gasteiger partial charge in [0, 0.05) is 17.4 Å². The van der Waals surface area contributed by atoms with Gasteiger partial charge in [-0.15, -0.1) is 0 Å². The molecule has 0 aliphatic heterocycles. The molecule has 0 N–H and O–H groups in total. The van der Waals surface area contributed by atoms with Crippen molar-refractivity contribution in [2.45, 2.75) is 26.4 Å². The van der Waals surface area contributed by atoms with Gasteiger partial charge in [-0.2, -0.15) is 0 Å². The van der Waals surface area contributed by atoms with Crippen LogP contribution in [0.1, 0.15) is 25.8 Å². The third-order valence-electron chi connectivity index (χ3n) is 3.91. The Morgan fingerprint density at radius 3 is 2.00 bits per heavy atom. The van der Waals surface area contributed by atoms with Crippen LogP contribution < -0.4 is 29.4 Å². The highest BCUT2D eigenvalue weighted by Crippen LogP contribution is 2.34. The van der Waals surface area contributed by atoms with Crippen molar-refractivity contribution in [3.05, 3.63) is 42.0 Å². The minimum Gasteiger partial charge on any atom is -0.823 e. The second-order valence-corrected chi connectivity index (χ2v) is 6.80.